The molecule has 0 radical (unpaired) electrons. The SMILES string of the molecule is NC(=O)NC=CC[n+]1ccccc1. The summed E-state index contributed by atoms with van der Waals surface area (Å²) in [5.74, 6) is 0. The van der Waals surface area contributed by atoms with Crippen molar-refractivity contribution in [1.29, 1.82) is 0 Å². The van der Waals surface area contributed by atoms with Crippen molar-refractivity contribution >= 4 is 6.03 Å². The Bertz CT molecular complexity index is 295. The molecule has 1 aromatic heterocycles. The van der Waals surface area contributed by atoms with Gasteiger partial charge in [0.05, 0.1) is 0 Å². The lowest BCUT2D eigenvalue weighted by Crippen LogP contribution is -2.31. The standard InChI is InChI=1S/C9H11N3O/c10-9(13)11-5-4-8-12-6-2-1-3-7-12/h1-7H,8H2,(H2-,10,11,13)/p+1. The van der Waals surface area contributed by atoms with E-state index in [0.717, 1.165) is 0 Å². The maximum Gasteiger partial charge on any atom is 0.316 e. The molecule has 0 aliphatic carbocycles. The van der Waals surface area contributed by atoms with E-state index in [-0.39, 0.29) is 0 Å². The van der Waals surface area contributed by atoms with Crippen LogP contribution < -0.4 is 15.6 Å². The number of carbonyl (C=O) groups excluding carboxylic acids is 1. The van der Waals surface area contributed by atoms with Crippen molar-refractivity contribution in [2.75, 3.05) is 0 Å². The minimum Gasteiger partial charge on any atom is -0.351 e. The summed E-state index contributed by atoms with van der Waals surface area (Å²) in [6, 6.07) is 5.28. The second-order valence-corrected chi connectivity index (χ2v) is 2.48. The zero-order chi connectivity index (χ0) is 9.52. The molecule has 0 unspecified atom stereocenters. The van der Waals surface area contributed by atoms with Crippen LogP contribution in [0.2, 0.25) is 0 Å². The van der Waals surface area contributed by atoms with E-state index >= 15 is 0 Å². The molecule has 0 spiro atoms. The molecule has 0 saturated carbocycles. The van der Waals surface area contributed by atoms with Crippen molar-refractivity contribution in [2.45, 2.75) is 6.54 Å². The Hall–Kier alpha value is -1.84. The Morgan fingerprint density at radius 1 is 1.38 bits per heavy atom. The Balaban J connectivity index is 2.35. The summed E-state index contributed by atoms with van der Waals surface area (Å²) in [7, 11) is 0. The van der Waals surface area contributed by atoms with Crippen LogP contribution >= 0.6 is 0 Å². The highest BCUT2D eigenvalue weighted by Crippen LogP contribution is 1.77. The van der Waals surface area contributed by atoms with Gasteiger partial charge in [-0.25, -0.2) is 9.36 Å². The quantitative estimate of drug-likeness (QED) is 0.636. The summed E-state index contributed by atoms with van der Waals surface area (Å²) in [5, 5.41) is 2.36. The van der Waals surface area contributed by atoms with Crippen LogP contribution in [0.3, 0.4) is 0 Å². The van der Waals surface area contributed by atoms with Gasteiger partial charge in [0, 0.05) is 18.3 Å². The zero-order valence-corrected chi connectivity index (χ0v) is 7.18. The van der Waals surface area contributed by atoms with Gasteiger partial charge in [0.25, 0.3) is 0 Å². The van der Waals surface area contributed by atoms with Crippen LogP contribution in [0.25, 0.3) is 0 Å². The van der Waals surface area contributed by atoms with Crippen molar-refractivity contribution in [1.82, 2.24) is 5.32 Å². The highest BCUT2D eigenvalue weighted by molar-refractivity contribution is 5.72. The first-order valence-electron chi connectivity index (χ1n) is 3.94. The number of hydrogen-bond acceptors (Lipinski definition) is 1. The van der Waals surface area contributed by atoms with Crippen molar-refractivity contribution in [3.63, 3.8) is 0 Å². The lowest BCUT2D eigenvalue weighted by Gasteiger charge is -1.90. The largest absolute Gasteiger partial charge is 0.351 e. The fourth-order valence-corrected chi connectivity index (χ4v) is 0.872. The molecule has 0 aromatic carbocycles. The molecule has 0 fully saturated rings. The summed E-state index contributed by atoms with van der Waals surface area (Å²) < 4.78 is 1.97. The van der Waals surface area contributed by atoms with E-state index in [0.29, 0.717) is 6.54 Å². The van der Waals surface area contributed by atoms with Crippen LogP contribution in [0.4, 0.5) is 4.79 Å². The molecule has 1 heterocycles. The predicted octanol–water partition coefficient (Wildman–Crippen LogP) is 0.156. The van der Waals surface area contributed by atoms with Crippen LogP contribution in [0, 0.1) is 0 Å². The number of allylic oxidation sites excluding steroid dienone is 1. The van der Waals surface area contributed by atoms with E-state index in [1.807, 2.05) is 41.2 Å². The van der Waals surface area contributed by atoms with Gasteiger partial charge in [0.2, 0.25) is 0 Å². The van der Waals surface area contributed by atoms with E-state index in [2.05, 4.69) is 5.32 Å². The predicted molar refractivity (Wildman–Crippen MR) is 48.5 cm³/mol. The lowest BCUT2D eigenvalue weighted by atomic mass is 10.4. The van der Waals surface area contributed by atoms with Crippen molar-refractivity contribution < 1.29 is 9.36 Å². The molecule has 0 aliphatic rings. The molecule has 1 aromatic rings. The minimum absolute atomic E-state index is 0.547. The number of hydrogen-bond donors (Lipinski definition) is 2. The summed E-state index contributed by atoms with van der Waals surface area (Å²) in [5.41, 5.74) is 4.86. The Morgan fingerprint density at radius 2 is 2.08 bits per heavy atom. The summed E-state index contributed by atoms with van der Waals surface area (Å²) in [6.45, 7) is 0.709. The average molecular weight is 178 g/mol. The first kappa shape index (κ1) is 9.25. The number of carbonyl (C=O) groups is 1. The lowest BCUT2D eigenvalue weighted by molar-refractivity contribution is -0.687. The van der Waals surface area contributed by atoms with Crippen molar-refractivity contribution in [2.24, 2.45) is 5.73 Å². The number of aromatic nitrogens is 1. The molecule has 13 heavy (non-hydrogen) atoms. The Kier molecular flexibility index (Phi) is 3.50. The van der Waals surface area contributed by atoms with Gasteiger partial charge in [-0.3, -0.25) is 0 Å². The molecule has 3 N–H and O–H groups in total. The zero-order valence-electron chi connectivity index (χ0n) is 7.18. The van der Waals surface area contributed by atoms with Gasteiger partial charge in [0.1, 0.15) is 0 Å². The van der Waals surface area contributed by atoms with Gasteiger partial charge in [-0.2, -0.15) is 0 Å². The number of nitrogens with zero attached hydrogens (tertiary/aromatic N) is 1. The highest BCUT2D eigenvalue weighted by atomic mass is 16.2. The van der Waals surface area contributed by atoms with Crippen LogP contribution in [-0.2, 0) is 6.54 Å². The number of nitrogens with one attached hydrogen (secondary N) is 1. The van der Waals surface area contributed by atoms with Gasteiger partial charge >= 0.3 is 6.03 Å². The minimum atomic E-state index is -0.547. The maximum absolute atomic E-state index is 10.3. The number of primary amides is 1. The first-order chi connectivity index (χ1) is 6.29. The Morgan fingerprint density at radius 3 is 2.69 bits per heavy atom. The van der Waals surface area contributed by atoms with Gasteiger partial charge < -0.3 is 11.1 Å². The van der Waals surface area contributed by atoms with E-state index in [1.165, 1.54) is 6.20 Å². The van der Waals surface area contributed by atoms with Gasteiger partial charge in [-0.1, -0.05) is 6.07 Å². The number of urea groups is 1. The monoisotopic (exact) mass is 178 g/mol. The van der Waals surface area contributed by atoms with Gasteiger partial charge in [-0.05, 0) is 6.08 Å². The average Bonchev–Trinajstić information content (AvgIpc) is 2.14. The summed E-state index contributed by atoms with van der Waals surface area (Å²) in [6.07, 6.45) is 7.22. The number of nitrogens with two attached hydrogens (primary N) is 1. The van der Waals surface area contributed by atoms with Gasteiger partial charge in [-0.15, -0.1) is 0 Å². The number of amides is 2. The second-order valence-electron chi connectivity index (χ2n) is 2.48. The molecule has 68 valence electrons. The van der Waals surface area contributed by atoms with Crippen LogP contribution in [0.5, 0.6) is 0 Å². The molecule has 0 atom stereocenters. The molecule has 1 rings (SSSR count). The van der Waals surface area contributed by atoms with Crippen LogP contribution in [0.15, 0.2) is 42.9 Å². The molecule has 0 aliphatic heterocycles. The van der Waals surface area contributed by atoms with Crippen LogP contribution in [-0.4, -0.2) is 6.03 Å². The van der Waals surface area contributed by atoms with Gasteiger partial charge in [0.15, 0.2) is 18.9 Å². The van der Waals surface area contributed by atoms with E-state index in [9.17, 15) is 4.79 Å². The third-order valence-corrected chi connectivity index (χ3v) is 1.44. The molecular weight excluding hydrogens is 166 g/mol. The molecule has 0 bridgehead atoms. The fourth-order valence-electron chi connectivity index (χ4n) is 0.872. The number of pyridine rings is 1. The van der Waals surface area contributed by atoms with Crippen molar-refractivity contribution in [3.05, 3.63) is 42.9 Å². The Labute approximate surface area is 76.7 Å². The first-order valence-corrected chi connectivity index (χ1v) is 3.94. The smallest absolute Gasteiger partial charge is 0.316 e. The molecular formula is C9H12N3O+. The molecule has 2 amide bonds. The summed E-state index contributed by atoms with van der Waals surface area (Å²) >= 11 is 0. The third kappa shape index (κ3) is 3.91. The molecule has 0 saturated heterocycles. The maximum atomic E-state index is 10.3. The second kappa shape index (κ2) is 4.92. The molecule has 4 nitrogen and oxygen atoms in total. The van der Waals surface area contributed by atoms with E-state index in [4.69, 9.17) is 5.73 Å². The topological polar surface area (TPSA) is 59.0 Å². The van der Waals surface area contributed by atoms with E-state index in [1.54, 1.807) is 0 Å². The van der Waals surface area contributed by atoms with Crippen LogP contribution in [0.1, 0.15) is 0 Å². The fraction of sp³-hybridized carbons (Fsp3) is 0.111. The molecule has 4 heteroatoms. The van der Waals surface area contributed by atoms with Crippen molar-refractivity contribution in [3.8, 4) is 0 Å². The normalized spacial score (nSPS) is 10.2. The third-order valence-electron chi connectivity index (χ3n) is 1.44. The summed E-state index contributed by atoms with van der Waals surface area (Å²) in [4.78, 5) is 10.3. The highest BCUT2D eigenvalue weighted by Gasteiger charge is 1.91. The number of rotatable bonds is 3. The van der Waals surface area contributed by atoms with E-state index < -0.39 is 6.03 Å².